The Hall–Kier alpha value is -0.570. The molecule has 0 aromatic rings. The number of aliphatic carboxylic acids is 1. The molecular weight excluding hydrogens is 286 g/mol. The van der Waals surface area contributed by atoms with Crippen molar-refractivity contribution >= 4 is 5.97 Å². The van der Waals surface area contributed by atoms with Crippen LogP contribution in [0, 0.1) is 0 Å². The van der Waals surface area contributed by atoms with Gasteiger partial charge < -0.3 is 15.6 Å². The summed E-state index contributed by atoms with van der Waals surface area (Å²) in [6, 6.07) is 0. The fourth-order valence-corrected chi connectivity index (χ4v) is 2.72. The van der Waals surface area contributed by atoms with E-state index < -0.39 is 5.97 Å². The summed E-state index contributed by atoms with van der Waals surface area (Å²) >= 11 is 0. The third-order valence-corrected chi connectivity index (χ3v) is 4.10. The molecule has 0 radical (unpaired) electrons. The third kappa shape index (κ3) is 34.0. The maximum atomic E-state index is 8.89. The van der Waals surface area contributed by atoms with Crippen molar-refractivity contribution in [2.24, 2.45) is 0 Å². The predicted octanol–water partition coefficient (Wildman–Crippen LogP) is 4.25. The second kappa shape index (κ2) is 23.7. The van der Waals surface area contributed by atoms with E-state index in [1.54, 1.807) is 0 Å². The summed E-state index contributed by atoms with van der Waals surface area (Å²) < 4.78 is 0. The van der Waals surface area contributed by atoms with Crippen molar-refractivity contribution in [3.8, 4) is 0 Å². The van der Waals surface area contributed by atoms with Crippen LogP contribution in [-0.2, 0) is 4.79 Å². The van der Waals surface area contributed by atoms with E-state index >= 15 is 0 Å². The summed E-state index contributed by atoms with van der Waals surface area (Å²) in [5.74, 6) is -1.08. The molecule has 3 nitrogen and oxygen atoms in total. The number of carboxylic acid groups (broad SMARTS) is 1. The number of rotatable bonds is 16. The number of quaternary nitrogens is 1. The minimum absolute atomic E-state index is 0.972. The Morgan fingerprint density at radius 1 is 0.652 bits per heavy atom. The summed E-state index contributed by atoms with van der Waals surface area (Å²) in [5.41, 5.74) is 3.89. The molecule has 0 amide bonds. The Bertz CT molecular complexity index is 200. The van der Waals surface area contributed by atoms with Gasteiger partial charge in [-0.2, -0.15) is 0 Å². The maximum Gasteiger partial charge on any atom is 0.0739 e. The van der Waals surface area contributed by atoms with Gasteiger partial charge in [0.25, 0.3) is 0 Å². The van der Waals surface area contributed by atoms with E-state index in [0.29, 0.717) is 0 Å². The Kier molecular flexibility index (Phi) is 25.4. The van der Waals surface area contributed by atoms with Crippen LogP contribution in [0.1, 0.15) is 117 Å². The predicted molar refractivity (Wildman–Crippen MR) is 98.0 cm³/mol. The molecule has 0 bridgehead atoms. The molecule has 0 unspecified atom stereocenters. The Morgan fingerprint density at radius 2 is 0.870 bits per heavy atom. The lowest BCUT2D eigenvalue weighted by molar-refractivity contribution is -0.368. The molecule has 0 aromatic carbocycles. The second-order valence-corrected chi connectivity index (χ2v) is 6.65. The standard InChI is InChI=1S/C18H39N.C2H4O2/c1-2-3-4-5-6-7-8-9-10-11-12-13-14-15-16-17-18-19;1-2(3)4/h2-19H2,1H3;1H3,(H,3,4). The monoisotopic (exact) mass is 329 g/mol. The van der Waals surface area contributed by atoms with E-state index in [0.717, 1.165) is 13.5 Å². The number of carboxylic acids is 1. The first-order valence-corrected chi connectivity index (χ1v) is 10.1. The first kappa shape index (κ1) is 24.7. The van der Waals surface area contributed by atoms with Crippen LogP contribution >= 0.6 is 0 Å². The molecule has 0 aliphatic rings. The molecule has 0 aliphatic heterocycles. The van der Waals surface area contributed by atoms with E-state index in [-0.39, 0.29) is 0 Å². The molecular formula is C20H43NO2. The number of hydrogen-bond acceptors (Lipinski definition) is 2. The molecule has 0 saturated carbocycles. The van der Waals surface area contributed by atoms with Crippen LogP contribution in [0.15, 0.2) is 0 Å². The molecule has 23 heavy (non-hydrogen) atoms. The fourth-order valence-electron chi connectivity index (χ4n) is 2.72. The summed E-state index contributed by atoms with van der Waals surface area (Å²) in [5, 5.41) is 8.89. The average Bonchev–Trinajstić information content (AvgIpc) is 2.50. The average molecular weight is 330 g/mol. The molecule has 0 saturated heterocycles. The molecule has 0 aliphatic carbocycles. The van der Waals surface area contributed by atoms with Gasteiger partial charge in [0.15, 0.2) is 0 Å². The fraction of sp³-hybridized carbons (Fsp3) is 0.950. The quantitative estimate of drug-likeness (QED) is 0.430. The maximum absolute atomic E-state index is 8.89. The second-order valence-electron chi connectivity index (χ2n) is 6.65. The van der Waals surface area contributed by atoms with Gasteiger partial charge in [-0.1, -0.05) is 96.8 Å². The highest BCUT2D eigenvalue weighted by Gasteiger charge is 1.94. The summed E-state index contributed by atoms with van der Waals surface area (Å²) in [6.45, 7) is 4.39. The minimum atomic E-state index is -1.08. The lowest BCUT2D eigenvalue weighted by Crippen LogP contribution is -2.50. The van der Waals surface area contributed by atoms with Crippen molar-refractivity contribution in [1.29, 1.82) is 0 Å². The zero-order valence-corrected chi connectivity index (χ0v) is 16.0. The van der Waals surface area contributed by atoms with E-state index in [2.05, 4.69) is 12.7 Å². The van der Waals surface area contributed by atoms with Crippen LogP contribution in [0.3, 0.4) is 0 Å². The minimum Gasteiger partial charge on any atom is -0.550 e. The SMILES string of the molecule is CC(=O)[O-].CCCCCCCCCCCCCCCCCC[NH3+]. The normalized spacial score (nSPS) is 10.2. The van der Waals surface area contributed by atoms with Crippen molar-refractivity contribution in [3.05, 3.63) is 0 Å². The number of unbranched alkanes of at least 4 members (excludes halogenated alkanes) is 15. The third-order valence-electron chi connectivity index (χ3n) is 4.10. The highest BCUT2D eigenvalue weighted by atomic mass is 16.4. The first-order chi connectivity index (χ1) is 11.1. The van der Waals surface area contributed by atoms with Crippen LogP contribution in [-0.4, -0.2) is 12.5 Å². The zero-order chi connectivity index (χ0) is 17.6. The van der Waals surface area contributed by atoms with E-state index in [1.165, 1.54) is 103 Å². The van der Waals surface area contributed by atoms with E-state index in [1.807, 2.05) is 0 Å². The molecule has 0 fully saturated rings. The van der Waals surface area contributed by atoms with Gasteiger partial charge in [0.05, 0.1) is 6.54 Å². The summed E-state index contributed by atoms with van der Waals surface area (Å²) in [6.07, 6.45) is 23.2. The molecule has 0 spiro atoms. The first-order valence-electron chi connectivity index (χ1n) is 10.1. The molecule has 0 atom stereocenters. The van der Waals surface area contributed by atoms with Gasteiger partial charge in [-0.05, 0) is 19.8 Å². The largest absolute Gasteiger partial charge is 0.550 e. The lowest BCUT2D eigenvalue weighted by Gasteiger charge is -2.03. The lowest BCUT2D eigenvalue weighted by atomic mass is 10.0. The van der Waals surface area contributed by atoms with Crippen LogP contribution in [0.2, 0.25) is 0 Å². The van der Waals surface area contributed by atoms with Crippen molar-refractivity contribution in [3.63, 3.8) is 0 Å². The van der Waals surface area contributed by atoms with Gasteiger partial charge in [-0.15, -0.1) is 0 Å². The molecule has 0 aromatic heterocycles. The Labute approximate surface area is 145 Å². The van der Waals surface area contributed by atoms with Crippen LogP contribution in [0.4, 0.5) is 0 Å². The number of carbonyl (C=O) groups excluding carboxylic acids is 1. The number of carbonyl (C=O) groups is 1. The van der Waals surface area contributed by atoms with Gasteiger partial charge in [0.1, 0.15) is 0 Å². The van der Waals surface area contributed by atoms with Gasteiger partial charge in [0, 0.05) is 5.97 Å². The molecule has 140 valence electrons. The van der Waals surface area contributed by atoms with Crippen molar-refractivity contribution in [2.75, 3.05) is 6.54 Å². The summed E-state index contributed by atoms with van der Waals surface area (Å²) in [4.78, 5) is 8.89. The van der Waals surface area contributed by atoms with Gasteiger partial charge in [0.2, 0.25) is 0 Å². The Balaban J connectivity index is 0. The van der Waals surface area contributed by atoms with E-state index in [4.69, 9.17) is 9.90 Å². The topological polar surface area (TPSA) is 67.8 Å². The van der Waals surface area contributed by atoms with Gasteiger partial charge >= 0.3 is 0 Å². The Morgan fingerprint density at radius 3 is 1.09 bits per heavy atom. The number of hydrogen-bond donors (Lipinski definition) is 1. The van der Waals surface area contributed by atoms with Crippen molar-refractivity contribution in [1.82, 2.24) is 0 Å². The zero-order valence-electron chi connectivity index (χ0n) is 16.0. The smallest absolute Gasteiger partial charge is 0.0739 e. The van der Waals surface area contributed by atoms with Crippen molar-refractivity contribution < 1.29 is 15.6 Å². The molecule has 0 rings (SSSR count). The van der Waals surface area contributed by atoms with Crippen LogP contribution < -0.4 is 10.8 Å². The summed E-state index contributed by atoms with van der Waals surface area (Å²) in [7, 11) is 0. The van der Waals surface area contributed by atoms with Crippen LogP contribution in [0.25, 0.3) is 0 Å². The van der Waals surface area contributed by atoms with E-state index in [9.17, 15) is 0 Å². The highest BCUT2D eigenvalue weighted by molar-refractivity contribution is 5.60. The van der Waals surface area contributed by atoms with Gasteiger partial charge in [-0.3, -0.25) is 0 Å². The van der Waals surface area contributed by atoms with Crippen LogP contribution in [0.5, 0.6) is 0 Å². The van der Waals surface area contributed by atoms with Gasteiger partial charge in [-0.25, -0.2) is 0 Å². The molecule has 3 N–H and O–H groups in total. The van der Waals surface area contributed by atoms with Crippen molar-refractivity contribution in [2.45, 2.75) is 117 Å². The molecule has 3 heteroatoms. The molecule has 0 heterocycles. The highest BCUT2D eigenvalue weighted by Crippen LogP contribution is 2.13.